The number of rotatable bonds is 6. The number of Topliss-reactive ketones (excluding diaryl/α,β-unsaturated/α-hetero) is 1. The third kappa shape index (κ3) is 4.46. The van der Waals surface area contributed by atoms with E-state index in [-0.39, 0.29) is 16.9 Å². The molecule has 138 valence electrons. The maximum absolute atomic E-state index is 12.5. The smallest absolute Gasteiger partial charge is 0.237 e. The zero-order chi connectivity index (χ0) is 19.4. The number of nitrogens with zero attached hydrogens (tertiary/aromatic N) is 2. The molecule has 0 bridgehead atoms. The lowest BCUT2D eigenvalue weighted by atomic mass is 10.1. The first-order valence-electron chi connectivity index (χ1n) is 8.61. The molecule has 0 spiro atoms. The highest BCUT2D eigenvalue weighted by Crippen LogP contribution is 2.28. The Hall–Kier alpha value is -2.86. The summed E-state index contributed by atoms with van der Waals surface area (Å²) in [5.41, 5.74) is 3.27. The van der Waals surface area contributed by atoms with Crippen LogP contribution in [0, 0.1) is 0 Å². The van der Waals surface area contributed by atoms with Gasteiger partial charge in [0.05, 0.1) is 17.1 Å². The Balaban J connectivity index is 1.69. The summed E-state index contributed by atoms with van der Waals surface area (Å²) < 4.78 is 1.99. The average molecular weight is 379 g/mol. The average Bonchev–Trinajstić information content (AvgIpc) is 3.03. The van der Waals surface area contributed by atoms with Crippen LogP contribution in [0.1, 0.15) is 24.2 Å². The molecule has 3 rings (SSSR count). The van der Waals surface area contributed by atoms with E-state index in [9.17, 15) is 9.59 Å². The normalized spacial score (nSPS) is 11.8. The Morgan fingerprint density at radius 1 is 1.11 bits per heavy atom. The standard InChI is InChI=1S/C21H21N3O2S/c1-14(25)17-10-7-11-18(12-17)23-20(26)15(2)27-21-22-13-19(24(21)3)16-8-5-4-6-9-16/h4-13,15H,1-3H3,(H,23,26). The Bertz CT molecular complexity index is 967. The summed E-state index contributed by atoms with van der Waals surface area (Å²) >= 11 is 1.40. The van der Waals surface area contributed by atoms with Gasteiger partial charge in [-0.25, -0.2) is 4.98 Å². The number of carbonyl (C=O) groups is 2. The molecule has 6 heteroatoms. The minimum Gasteiger partial charge on any atom is -0.325 e. The second-order valence-corrected chi connectivity index (χ2v) is 7.55. The number of benzene rings is 2. The van der Waals surface area contributed by atoms with Crippen molar-refractivity contribution in [3.8, 4) is 11.3 Å². The molecule has 1 atom stereocenters. The zero-order valence-electron chi connectivity index (χ0n) is 15.5. The lowest BCUT2D eigenvalue weighted by Crippen LogP contribution is -2.23. The number of aromatic nitrogens is 2. The minimum absolute atomic E-state index is 0.0324. The number of thioether (sulfide) groups is 1. The predicted molar refractivity (Wildman–Crippen MR) is 109 cm³/mol. The van der Waals surface area contributed by atoms with E-state index >= 15 is 0 Å². The molecule has 5 nitrogen and oxygen atoms in total. The van der Waals surface area contributed by atoms with Gasteiger partial charge in [-0.05, 0) is 31.5 Å². The van der Waals surface area contributed by atoms with Crippen LogP contribution in [0.4, 0.5) is 5.69 Å². The summed E-state index contributed by atoms with van der Waals surface area (Å²) in [7, 11) is 1.94. The monoisotopic (exact) mass is 379 g/mol. The summed E-state index contributed by atoms with van der Waals surface area (Å²) in [6, 6.07) is 17.0. The van der Waals surface area contributed by atoms with Crippen LogP contribution in [0.3, 0.4) is 0 Å². The molecule has 2 aromatic carbocycles. The van der Waals surface area contributed by atoms with Gasteiger partial charge in [-0.3, -0.25) is 9.59 Å². The summed E-state index contributed by atoms with van der Waals surface area (Å²) in [5, 5.41) is 3.30. The second-order valence-electron chi connectivity index (χ2n) is 6.24. The Labute approximate surface area is 162 Å². The molecule has 1 aromatic heterocycles. The van der Waals surface area contributed by atoms with Crippen molar-refractivity contribution in [2.75, 3.05) is 5.32 Å². The minimum atomic E-state index is -0.337. The van der Waals surface area contributed by atoms with Gasteiger partial charge in [0, 0.05) is 18.3 Å². The summed E-state index contributed by atoms with van der Waals surface area (Å²) in [6.07, 6.45) is 1.82. The molecule has 0 radical (unpaired) electrons. The molecule has 1 N–H and O–H groups in total. The van der Waals surface area contributed by atoms with Crippen LogP contribution in [-0.2, 0) is 11.8 Å². The van der Waals surface area contributed by atoms with E-state index in [2.05, 4.69) is 10.3 Å². The molecular weight excluding hydrogens is 358 g/mol. The number of hydrogen-bond acceptors (Lipinski definition) is 4. The van der Waals surface area contributed by atoms with E-state index in [0.29, 0.717) is 11.3 Å². The van der Waals surface area contributed by atoms with Crippen LogP contribution in [0.25, 0.3) is 11.3 Å². The maximum atomic E-state index is 12.5. The van der Waals surface area contributed by atoms with Crippen LogP contribution in [0.15, 0.2) is 66.0 Å². The fourth-order valence-electron chi connectivity index (χ4n) is 2.65. The number of anilines is 1. The highest BCUT2D eigenvalue weighted by atomic mass is 32.2. The van der Waals surface area contributed by atoms with Crippen molar-refractivity contribution in [1.29, 1.82) is 0 Å². The number of imidazole rings is 1. The number of ketones is 1. The maximum Gasteiger partial charge on any atom is 0.237 e. The highest BCUT2D eigenvalue weighted by Gasteiger charge is 2.18. The Kier molecular flexibility index (Phi) is 5.76. The van der Waals surface area contributed by atoms with Gasteiger partial charge in [-0.1, -0.05) is 54.2 Å². The quantitative estimate of drug-likeness (QED) is 0.509. The largest absolute Gasteiger partial charge is 0.325 e. The molecule has 0 saturated carbocycles. The van der Waals surface area contributed by atoms with Crippen molar-refractivity contribution in [2.45, 2.75) is 24.3 Å². The van der Waals surface area contributed by atoms with Crippen LogP contribution in [0.2, 0.25) is 0 Å². The topological polar surface area (TPSA) is 64.0 Å². The van der Waals surface area contributed by atoms with Crippen molar-refractivity contribution < 1.29 is 9.59 Å². The molecule has 1 unspecified atom stereocenters. The highest BCUT2D eigenvalue weighted by molar-refractivity contribution is 8.00. The second kappa shape index (κ2) is 8.22. The van der Waals surface area contributed by atoms with Gasteiger partial charge in [0.1, 0.15) is 0 Å². The van der Waals surface area contributed by atoms with Gasteiger partial charge < -0.3 is 9.88 Å². The van der Waals surface area contributed by atoms with E-state index in [1.54, 1.807) is 24.3 Å². The Morgan fingerprint density at radius 3 is 2.56 bits per heavy atom. The van der Waals surface area contributed by atoms with Crippen LogP contribution >= 0.6 is 11.8 Å². The lowest BCUT2D eigenvalue weighted by Gasteiger charge is -2.13. The first kappa shape index (κ1) is 18.9. The SMILES string of the molecule is CC(=O)c1cccc(NC(=O)C(C)Sc2ncc(-c3ccccc3)n2C)c1. The summed E-state index contributed by atoms with van der Waals surface area (Å²) in [5.74, 6) is -0.167. The van der Waals surface area contributed by atoms with Crippen molar-refractivity contribution in [1.82, 2.24) is 9.55 Å². The van der Waals surface area contributed by atoms with Crippen LogP contribution in [-0.4, -0.2) is 26.5 Å². The fourth-order valence-corrected chi connectivity index (χ4v) is 3.50. The number of hydrogen-bond donors (Lipinski definition) is 1. The van der Waals surface area contributed by atoms with E-state index in [0.717, 1.165) is 16.4 Å². The molecular formula is C21H21N3O2S. The van der Waals surface area contributed by atoms with Gasteiger partial charge in [0.25, 0.3) is 0 Å². The molecule has 0 aliphatic rings. The molecule has 0 saturated heterocycles. The van der Waals surface area contributed by atoms with E-state index in [1.807, 2.05) is 55.1 Å². The van der Waals surface area contributed by atoms with Gasteiger partial charge in [0.15, 0.2) is 10.9 Å². The van der Waals surface area contributed by atoms with Gasteiger partial charge >= 0.3 is 0 Å². The van der Waals surface area contributed by atoms with Crippen LogP contribution < -0.4 is 5.32 Å². The van der Waals surface area contributed by atoms with Crippen LogP contribution in [0.5, 0.6) is 0 Å². The zero-order valence-corrected chi connectivity index (χ0v) is 16.3. The van der Waals surface area contributed by atoms with Crippen molar-refractivity contribution in [2.24, 2.45) is 7.05 Å². The molecule has 1 amide bonds. The first-order chi connectivity index (χ1) is 13.0. The molecule has 3 aromatic rings. The van der Waals surface area contributed by atoms with Gasteiger partial charge in [-0.2, -0.15) is 0 Å². The first-order valence-corrected chi connectivity index (χ1v) is 9.49. The summed E-state index contributed by atoms with van der Waals surface area (Å²) in [6.45, 7) is 3.34. The predicted octanol–water partition coefficient (Wildman–Crippen LogP) is 4.41. The third-order valence-electron chi connectivity index (χ3n) is 4.20. The van der Waals surface area contributed by atoms with Crippen molar-refractivity contribution in [3.05, 3.63) is 66.4 Å². The molecule has 0 aliphatic carbocycles. The molecule has 0 fully saturated rings. The molecule has 27 heavy (non-hydrogen) atoms. The van der Waals surface area contributed by atoms with Crippen molar-refractivity contribution >= 4 is 29.1 Å². The van der Waals surface area contributed by atoms with Gasteiger partial charge in [0.2, 0.25) is 5.91 Å². The van der Waals surface area contributed by atoms with E-state index in [4.69, 9.17) is 0 Å². The third-order valence-corrected chi connectivity index (χ3v) is 5.36. The summed E-state index contributed by atoms with van der Waals surface area (Å²) in [4.78, 5) is 28.5. The number of carbonyl (C=O) groups excluding carboxylic acids is 2. The fraction of sp³-hybridized carbons (Fsp3) is 0.190. The molecule has 1 heterocycles. The Morgan fingerprint density at radius 2 is 1.85 bits per heavy atom. The number of nitrogens with one attached hydrogen (secondary N) is 1. The van der Waals surface area contributed by atoms with Gasteiger partial charge in [-0.15, -0.1) is 0 Å². The van der Waals surface area contributed by atoms with E-state index in [1.165, 1.54) is 18.7 Å². The number of amides is 1. The van der Waals surface area contributed by atoms with E-state index < -0.39 is 0 Å². The lowest BCUT2D eigenvalue weighted by molar-refractivity contribution is -0.115. The molecule has 0 aliphatic heterocycles. The van der Waals surface area contributed by atoms with Crippen molar-refractivity contribution in [3.63, 3.8) is 0 Å².